The van der Waals surface area contributed by atoms with Gasteiger partial charge in [0.15, 0.2) is 5.65 Å². The quantitative estimate of drug-likeness (QED) is 0.752. The number of hydrogen-bond donors (Lipinski definition) is 2. The fourth-order valence-electron chi connectivity index (χ4n) is 2.35. The summed E-state index contributed by atoms with van der Waals surface area (Å²) in [6.07, 6.45) is 3.81. The van der Waals surface area contributed by atoms with Gasteiger partial charge in [-0.15, -0.1) is 0 Å². The van der Waals surface area contributed by atoms with Gasteiger partial charge >= 0.3 is 0 Å². The van der Waals surface area contributed by atoms with Crippen molar-refractivity contribution in [3.63, 3.8) is 0 Å². The predicted octanol–water partition coefficient (Wildman–Crippen LogP) is 2.85. The zero-order valence-corrected chi connectivity index (χ0v) is 11.8. The predicted molar refractivity (Wildman–Crippen MR) is 81.9 cm³/mol. The van der Waals surface area contributed by atoms with E-state index in [1.165, 1.54) is 12.1 Å². The molecular formula is C15H15FN6. The molecule has 2 aromatic heterocycles. The molecule has 0 radical (unpaired) electrons. The summed E-state index contributed by atoms with van der Waals surface area (Å²) in [6, 6.07) is 6.17. The van der Waals surface area contributed by atoms with Gasteiger partial charge in [-0.1, -0.05) is 0 Å². The lowest BCUT2D eigenvalue weighted by Crippen LogP contribution is -2.03. The molecule has 2 heterocycles. The van der Waals surface area contributed by atoms with Crippen LogP contribution in [0, 0.1) is 5.82 Å². The van der Waals surface area contributed by atoms with Crippen LogP contribution in [0.1, 0.15) is 24.5 Å². The van der Waals surface area contributed by atoms with Gasteiger partial charge in [0.1, 0.15) is 11.3 Å². The molecule has 22 heavy (non-hydrogen) atoms. The van der Waals surface area contributed by atoms with Crippen LogP contribution in [0.3, 0.4) is 0 Å². The van der Waals surface area contributed by atoms with Crippen LogP contribution in [0.15, 0.2) is 30.5 Å². The van der Waals surface area contributed by atoms with Crippen molar-refractivity contribution in [3.05, 3.63) is 42.0 Å². The van der Waals surface area contributed by atoms with Gasteiger partial charge in [-0.3, -0.25) is 0 Å². The molecule has 0 atom stereocenters. The summed E-state index contributed by atoms with van der Waals surface area (Å²) >= 11 is 0. The minimum Gasteiger partial charge on any atom is -0.368 e. The van der Waals surface area contributed by atoms with Gasteiger partial charge < -0.3 is 11.9 Å². The highest BCUT2D eigenvalue weighted by Crippen LogP contribution is 2.41. The van der Waals surface area contributed by atoms with E-state index in [1.54, 1.807) is 18.3 Å². The summed E-state index contributed by atoms with van der Waals surface area (Å²) in [5.41, 5.74) is 9.28. The third-order valence-corrected chi connectivity index (χ3v) is 3.56. The molecule has 112 valence electrons. The van der Waals surface area contributed by atoms with E-state index in [2.05, 4.69) is 19.9 Å². The Morgan fingerprint density at radius 3 is 2.45 bits per heavy atom. The Hall–Kier alpha value is -2.67. The molecule has 0 saturated heterocycles. The van der Waals surface area contributed by atoms with Gasteiger partial charge in [0.05, 0.1) is 17.6 Å². The molecule has 1 aliphatic rings. The van der Waals surface area contributed by atoms with Crippen molar-refractivity contribution in [1.82, 2.24) is 26.1 Å². The minimum absolute atomic E-state index is 0. The van der Waals surface area contributed by atoms with Gasteiger partial charge in [0.2, 0.25) is 5.95 Å². The first kappa shape index (κ1) is 14.3. The molecule has 0 unspecified atom stereocenters. The fourth-order valence-corrected chi connectivity index (χ4v) is 2.35. The minimum atomic E-state index is -0.276. The van der Waals surface area contributed by atoms with Gasteiger partial charge in [-0.25, -0.2) is 19.3 Å². The SMILES string of the molecule is N.Nc1nc(C2CC2)c2nc(-c3ccc(F)cc3)cnc2n1. The van der Waals surface area contributed by atoms with Crippen LogP contribution in [0.4, 0.5) is 10.3 Å². The number of rotatable bonds is 2. The Labute approximate surface area is 126 Å². The smallest absolute Gasteiger partial charge is 0.222 e. The number of benzene rings is 1. The second-order valence-corrected chi connectivity index (χ2v) is 5.18. The number of nitrogens with two attached hydrogens (primary N) is 1. The van der Waals surface area contributed by atoms with Crippen molar-refractivity contribution < 1.29 is 4.39 Å². The van der Waals surface area contributed by atoms with E-state index in [0.717, 1.165) is 24.1 Å². The molecule has 1 fully saturated rings. The van der Waals surface area contributed by atoms with Crippen LogP contribution in [-0.2, 0) is 0 Å². The first-order valence-corrected chi connectivity index (χ1v) is 6.77. The first-order valence-electron chi connectivity index (χ1n) is 6.77. The van der Waals surface area contributed by atoms with Gasteiger partial charge in [0.25, 0.3) is 0 Å². The number of anilines is 1. The largest absolute Gasteiger partial charge is 0.368 e. The standard InChI is InChI=1S/C15H12FN5.H3N/c16-10-5-3-8(4-6-10)11-7-18-14-13(19-11)12(9-1-2-9)20-15(17)21-14;/h3-7,9H,1-2H2,(H2,17,18,20,21);1H3. The normalized spacial score (nSPS) is 13.9. The van der Waals surface area contributed by atoms with Crippen LogP contribution in [-0.4, -0.2) is 19.9 Å². The highest BCUT2D eigenvalue weighted by atomic mass is 19.1. The zero-order chi connectivity index (χ0) is 14.4. The first-order chi connectivity index (χ1) is 10.2. The second-order valence-electron chi connectivity index (χ2n) is 5.18. The van der Waals surface area contributed by atoms with Crippen LogP contribution in [0.25, 0.3) is 22.4 Å². The lowest BCUT2D eigenvalue weighted by Gasteiger charge is -2.06. The molecular weight excluding hydrogens is 283 g/mol. The molecule has 0 bridgehead atoms. The van der Waals surface area contributed by atoms with Crippen molar-refractivity contribution in [2.75, 3.05) is 5.73 Å². The van der Waals surface area contributed by atoms with Crippen molar-refractivity contribution in [3.8, 4) is 11.3 Å². The number of nitrogens with zero attached hydrogens (tertiary/aromatic N) is 4. The number of fused-ring (bicyclic) bond motifs is 1. The van der Waals surface area contributed by atoms with Crippen LogP contribution in [0.2, 0.25) is 0 Å². The lowest BCUT2D eigenvalue weighted by atomic mass is 10.1. The van der Waals surface area contributed by atoms with E-state index < -0.39 is 0 Å². The van der Waals surface area contributed by atoms with E-state index in [0.29, 0.717) is 22.8 Å². The average molecular weight is 298 g/mol. The molecule has 4 rings (SSSR count). The van der Waals surface area contributed by atoms with Gasteiger partial charge in [0, 0.05) is 11.5 Å². The monoisotopic (exact) mass is 298 g/mol. The number of nitrogen functional groups attached to an aromatic ring is 1. The lowest BCUT2D eigenvalue weighted by molar-refractivity contribution is 0.628. The van der Waals surface area contributed by atoms with Crippen molar-refractivity contribution in [1.29, 1.82) is 0 Å². The van der Waals surface area contributed by atoms with Gasteiger partial charge in [-0.05, 0) is 37.1 Å². The summed E-state index contributed by atoms with van der Waals surface area (Å²) in [4.78, 5) is 17.4. The average Bonchev–Trinajstić information content (AvgIpc) is 3.31. The maximum Gasteiger partial charge on any atom is 0.222 e. The molecule has 1 saturated carbocycles. The summed E-state index contributed by atoms with van der Waals surface area (Å²) in [7, 11) is 0. The Kier molecular flexibility index (Phi) is 3.42. The second kappa shape index (κ2) is 5.27. The summed E-state index contributed by atoms with van der Waals surface area (Å²) < 4.78 is 13.0. The van der Waals surface area contributed by atoms with Crippen LogP contribution >= 0.6 is 0 Å². The van der Waals surface area contributed by atoms with E-state index >= 15 is 0 Å². The Bertz CT molecular complexity index is 829. The van der Waals surface area contributed by atoms with Crippen molar-refractivity contribution >= 4 is 17.1 Å². The molecule has 7 heteroatoms. The molecule has 0 aliphatic heterocycles. The van der Waals surface area contributed by atoms with E-state index in [1.807, 2.05) is 0 Å². The van der Waals surface area contributed by atoms with E-state index in [4.69, 9.17) is 5.73 Å². The highest BCUT2D eigenvalue weighted by Gasteiger charge is 2.29. The van der Waals surface area contributed by atoms with Gasteiger partial charge in [-0.2, -0.15) is 4.98 Å². The molecule has 0 spiro atoms. The van der Waals surface area contributed by atoms with Crippen LogP contribution < -0.4 is 11.9 Å². The number of halogens is 1. The topological polar surface area (TPSA) is 113 Å². The van der Waals surface area contributed by atoms with E-state index in [-0.39, 0.29) is 17.9 Å². The maximum absolute atomic E-state index is 13.0. The third-order valence-electron chi connectivity index (χ3n) is 3.56. The van der Waals surface area contributed by atoms with Crippen molar-refractivity contribution in [2.45, 2.75) is 18.8 Å². The highest BCUT2D eigenvalue weighted by molar-refractivity contribution is 5.77. The number of hydrogen-bond acceptors (Lipinski definition) is 6. The third kappa shape index (κ3) is 2.46. The Morgan fingerprint density at radius 1 is 1.05 bits per heavy atom. The summed E-state index contributed by atoms with van der Waals surface area (Å²) in [5, 5.41) is 0. The molecule has 1 aromatic carbocycles. The molecule has 5 N–H and O–H groups in total. The molecule has 6 nitrogen and oxygen atoms in total. The summed E-state index contributed by atoms with van der Waals surface area (Å²) in [5.74, 6) is 0.353. The zero-order valence-electron chi connectivity index (χ0n) is 11.8. The molecule has 1 aliphatic carbocycles. The number of aromatic nitrogens is 4. The Morgan fingerprint density at radius 2 is 1.77 bits per heavy atom. The van der Waals surface area contributed by atoms with Crippen LogP contribution in [0.5, 0.6) is 0 Å². The van der Waals surface area contributed by atoms with E-state index in [9.17, 15) is 4.39 Å². The summed E-state index contributed by atoms with van der Waals surface area (Å²) in [6.45, 7) is 0. The Balaban J connectivity index is 0.00000144. The fraction of sp³-hybridized carbons (Fsp3) is 0.200. The van der Waals surface area contributed by atoms with Crippen molar-refractivity contribution in [2.24, 2.45) is 0 Å². The molecule has 3 aromatic rings. The maximum atomic E-state index is 13.0. The molecule has 0 amide bonds.